The SMILES string of the molecule is COc1ccccc1NC(=O)c1ccc(OC)c(S(=O)(=O)NC2CC2)c1. The van der Waals surface area contributed by atoms with Crippen molar-refractivity contribution in [1.29, 1.82) is 0 Å². The van der Waals surface area contributed by atoms with E-state index in [-0.39, 0.29) is 22.3 Å². The number of carbonyl (C=O) groups is 1. The largest absolute Gasteiger partial charge is 0.495 e. The summed E-state index contributed by atoms with van der Waals surface area (Å²) >= 11 is 0. The summed E-state index contributed by atoms with van der Waals surface area (Å²) in [5.41, 5.74) is 0.698. The molecule has 0 aromatic heterocycles. The Bertz CT molecular complexity index is 923. The van der Waals surface area contributed by atoms with Gasteiger partial charge in [-0.2, -0.15) is 0 Å². The van der Waals surface area contributed by atoms with Gasteiger partial charge in [-0.1, -0.05) is 12.1 Å². The van der Waals surface area contributed by atoms with Crippen molar-refractivity contribution in [1.82, 2.24) is 4.72 Å². The molecule has 1 amide bonds. The molecule has 26 heavy (non-hydrogen) atoms. The van der Waals surface area contributed by atoms with E-state index >= 15 is 0 Å². The lowest BCUT2D eigenvalue weighted by atomic mass is 10.2. The summed E-state index contributed by atoms with van der Waals surface area (Å²) in [6, 6.07) is 11.2. The number of para-hydroxylation sites is 2. The number of carbonyl (C=O) groups excluding carboxylic acids is 1. The van der Waals surface area contributed by atoms with Gasteiger partial charge in [0, 0.05) is 11.6 Å². The molecule has 1 aliphatic carbocycles. The molecule has 138 valence electrons. The normalized spacial score (nSPS) is 13.9. The van der Waals surface area contributed by atoms with Gasteiger partial charge in [-0.05, 0) is 43.2 Å². The molecule has 0 radical (unpaired) electrons. The maximum atomic E-state index is 12.6. The number of amides is 1. The lowest BCUT2D eigenvalue weighted by Crippen LogP contribution is -2.26. The smallest absolute Gasteiger partial charge is 0.255 e. The monoisotopic (exact) mass is 376 g/mol. The van der Waals surface area contributed by atoms with Crippen LogP contribution in [0.1, 0.15) is 23.2 Å². The van der Waals surface area contributed by atoms with Gasteiger partial charge in [-0.3, -0.25) is 4.79 Å². The van der Waals surface area contributed by atoms with Crippen molar-refractivity contribution in [2.45, 2.75) is 23.8 Å². The van der Waals surface area contributed by atoms with Gasteiger partial charge in [0.15, 0.2) is 0 Å². The van der Waals surface area contributed by atoms with Crippen LogP contribution in [0.5, 0.6) is 11.5 Å². The maximum Gasteiger partial charge on any atom is 0.255 e. The first-order valence-corrected chi connectivity index (χ1v) is 9.57. The van der Waals surface area contributed by atoms with Gasteiger partial charge < -0.3 is 14.8 Å². The Morgan fingerprint density at radius 2 is 1.73 bits per heavy atom. The van der Waals surface area contributed by atoms with E-state index in [1.807, 2.05) is 0 Å². The first-order chi connectivity index (χ1) is 12.4. The third kappa shape index (κ3) is 3.97. The number of sulfonamides is 1. The topological polar surface area (TPSA) is 93.7 Å². The number of rotatable bonds is 7. The first kappa shape index (κ1) is 18.2. The third-order valence-electron chi connectivity index (χ3n) is 3.97. The van der Waals surface area contributed by atoms with E-state index < -0.39 is 15.9 Å². The van der Waals surface area contributed by atoms with Crippen LogP contribution in [-0.2, 0) is 10.0 Å². The molecule has 8 heteroatoms. The Kier molecular flexibility index (Phi) is 5.15. The summed E-state index contributed by atoms with van der Waals surface area (Å²) in [4.78, 5) is 12.5. The second kappa shape index (κ2) is 7.35. The molecular weight excluding hydrogens is 356 g/mol. The van der Waals surface area contributed by atoms with E-state index in [0.29, 0.717) is 11.4 Å². The van der Waals surface area contributed by atoms with Crippen molar-refractivity contribution < 1.29 is 22.7 Å². The highest BCUT2D eigenvalue weighted by Crippen LogP contribution is 2.29. The molecule has 1 fully saturated rings. The van der Waals surface area contributed by atoms with E-state index in [0.717, 1.165) is 12.8 Å². The average Bonchev–Trinajstić information content (AvgIpc) is 3.44. The summed E-state index contributed by atoms with van der Waals surface area (Å²) in [7, 11) is -0.866. The minimum absolute atomic E-state index is 0.0456. The fourth-order valence-corrected chi connectivity index (χ4v) is 3.95. The fraction of sp³-hybridized carbons (Fsp3) is 0.278. The zero-order valence-corrected chi connectivity index (χ0v) is 15.3. The number of benzene rings is 2. The Morgan fingerprint density at radius 1 is 1.04 bits per heavy atom. The van der Waals surface area contributed by atoms with Crippen LogP contribution in [0.2, 0.25) is 0 Å². The molecular formula is C18H20N2O5S. The van der Waals surface area contributed by atoms with E-state index in [1.54, 1.807) is 24.3 Å². The molecule has 2 aromatic carbocycles. The fourth-order valence-electron chi connectivity index (χ4n) is 2.45. The Labute approximate surface area is 152 Å². The zero-order chi connectivity index (χ0) is 18.7. The van der Waals surface area contributed by atoms with E-state index in [4.69, 9.17) is 9.47 Å². The Balaban J connectivity index is 1.90. The van der Waals surface area contributed by atoms with Crippen LogP contribution in [0, 0.1) is 0 Å². The number of hydrogen-bond donors (Lipinski definition) is 2. The molecule has 1 saturated carbocycles. The lowest BCUT2D eigenvalue weighted by molar-refractivity contribution is 0.102. The molecule has 2 aromatic rings. The van der Waals surface area contributed by atoms with Gasteiger partial charge in [-0.25, -0.2) is 13.1 Å². The highest BCUT2D eigenvalue weighted by Gasteiger charge is 2.30. The highest BCUT2D eigenvalue weighted by molar-refractivity contribution is 7.89. The van der Waals surface area contributed by atoms with Crippen LogP contribution >= 0.6 is 0 Å². The first-order valence-electron chi connectivity index (χ1n) is 8.09. The van der Waals surface area contributed by atoms with E-state index in [2.05, 4.69) is 10.0 Å². The van der Waals surface area contributed by atoms with Gasteiger partial charge in [0.25, 0.3) is 5.91 Å². The van der Waals surface area contributed by atoms with Gasteiger partial charge in [-0.15, -0.1) is 0 Å². The van der Waals surface area contributed by atoms with Crippen LogP contribution in [-0.4, -0.2) is 34.6 Å². The second-order valence-corrected chi connectivity index (χ2v) is 7.60. The van der Waals surface area contributed by atoms with Crippen LogP contribution in [0.25, 0.3) is 0 Å². The molecule has 0 aliphatic heterocycles. The number of methoxy groups -OCH3 is 2. The van der Waals surface area contributed by atoms with Gasteiger partial charge in [0.05, 0.1) is 19.9 Å². The summed E-state index contributed by atoms with van der Waals surface area (Å²) in [5, 5.41) is 2.73. The highest BCUT2D eigenvalue weighted by atomic mass is 32.2. The van der Waals surface area contributed by atoms with Crippen molar-refractivity contribution in [3.8, 4) is 11.5 Å². The Hall–Kier alpha value is -2.58. The van der Waals surface area contributed by atoms with Crippen LogP contribution in [0.15, 0.2) is 47.4 Å². The predicted octanol–water partition coefficient (Wildman–Crippen LogP) is 2.40. The Morgan fingerprint density at radius 3 is 2.38 bits per heavy atom. The molecule has 0 spiro atoms. The molecule has 0 saturated heterocycles. The molecule has 0 heterocycles. The van der Waals surface area contributed by atoms with Crippen LogP contribution < -0.4 is 19.5 Å². The summed E-state index contributed by atoms with van der Waals surface area (Å²) in [6.07, 6.45) is 1.63. The van der Waals surface area contributed by atoms with E-state index in [9.17, 15) is 13.2 Å². The van der Waals surface area contributed by atoms with Gasteiger partial charge >= 0.3 is 0 Å². The maximum absolute atomic E-state index is 12.6. The van der Waals surface area contributed by atoms with Crippen LogP contribution in [0.3, 0.4) is 0 Å². The number of hydrogen-bond acceptors (Lipinski definition) is 5. The van der Waals surface area contributed by atoms with Crippen molar-refractivity contribution in [2.24, 2.45) is 0 Å². The standard InChI is InChI=1S/C18H20N2O5S/c1-24-15-6-4-3-5-14(15)19-18(21)12-7-10-16(25-2)17(11-12)26(22,23)20-13-8-9-13/h3-7,10-11,13,20H,8-9H2,1-2H3,(H,19,21). The van der Waals surface area contributed by atoms with Crippen molar-refractivity contribution in [2.75, 3.05) is 19.5 Å². The summed E-state index contributed by atoms with van der Waals surface area (Å²) in [5.74, 6) is 0.254. The lowest BCUT2D eigenvalue weighted by Gasteiger charge is -2.13. The molecule has 2 N–H and O–H groups in total. The van der Waals surface area contributed by atoms with Crippen molar-refractivity contribution >= 4 is 21.6 Å². The van der Waals surface area contributed by atoms with Crippen molar-refractivity contribution in [3.63, 3.8) is 0 Å². The minimum atomic E-state index is -3.76. The molecule has 0 atom stereocenters. The van der Waals surface area contributed by atoms with E-state index in [1.165, 1.54) is 32.4 Å². The zero-order valence-electron chi connectivity index (χ0n) is 14.5. The average molecular weight is 376 g/mol. The number of nitrogens with one attached hydrogen (secondary N) is 2. The van der Waals surface area contributed by atoms with Crippen molar-refractivity contribution in [3.05, 3.63) is 48.0 Å². The number of anilines is 1. The van der Waals surface area contributed by atoms with Gasteiger partial charge in [0.1, 0.15) is 16.4 Å². The quantitative estimate of drug-likeness (QED) is 0.774. The minimum Gasteiger partial charge on any atom is -0.495 e. The third-order valence-corrected chi connectivity index (χ3v) is 5.51. The predicted molar refractivity (Wildman–Crippen MR) is 97.3 cm³/mol. The molecule has 0 bridgehead atoms. The molecule has 3 rings (SSSR count). The van der Waals surface area contributed by atoms with Crippen LogP contribution in [0.4, 0.5) is 5.69 Å². The molecule has 1 aliphatic rings. The second-order valence-electron chi connectivity index (χ2n) is 5.92. The number of ether oxygens (including phenoxy) is 2. The summed E-state index contributed by atoms with van der Waals surface area (Å²) < 4.78 is 38.1. The van der Waals surface area contributed by atoms with Gasteiger partial charge in [0.2, 0.25) is 10.0 Å². The molecule has 0 unspecified atom stereocenters. The summed E-state index contributed by atoms with van der Waals surface area (Å²) in [6.45, 7) is 0. The molecule has 7 nitrogen and oxygen atoms in total.